The Labute approximate surface area is 819 Å². The predicted molar refractivity (Wildman–Crippen MR) is 591 cm³/mol. The van der Waals surface area contributed by atoms with Crippen LogP contribution in [0.2, 0.25) is 0 Å². The summed E-state index contributed by atoms with van der Waals surface area (Å²) in [5, 5.41) is 14.3. The van der Waals surface area contributed by atoms with Crippen LogP contribution in [0.25, 0.3) is 64.6 Å². The highest BCUT2D eigenvalue weighted by Gasteiger charge is 2.39. The molecule has 6 aliphatic heterocycles. The lowest BCUT2D eigenvalue weighted by Crippen LogP contribution is -2.39. The van der Waals surface area contributed by atoms with E-state index >= 15 is 0 Å². The molecule has 3 unspecified atom stereocenters. The average molecular weight is 1850 g/mol. The van der Waals surface area contributed by atoms with E-state index in [9.17, 15) is 0 Å². The van der Waals surface area contributed by atoms with Gasteiger partial charge in [0.15, 0.2) is 69.0 Å². The molecular formula is C122H190O12. The molecule has 0 bridgehead atoms. The van der Waals surface area contributed by atoms with Crippen molar-refractivity contribution in [3.05, 3.63) is 218 Å². The van der Waals surface area contributed by atoms with Crippen LogP contribution < -0.4 is 56.8 Å². The first-order valence-corrected chi connectivity index (χ1v) is 49.7. The summed E-state index contributed by atoms with van der Waals surface area (Å²) in [6.45, 7) is 90.2. The first-order valence-electron chi connectivity index (χ1n) is 49.7. The van der Waals surface area contributed by atoms with Crippen LogP contribution in [0.4, 0.5) is 0 Å². The minimum atomic E-state index is -0.200. The molecule has 0 aromatic heterocycles. The number of hydrogen-bond acceptors (Lipinski definition) is 12. The lowest BCUT2D eigenvalue weighted by Gasteiger charge is -2.35. The number of fused-ring (bicyclic) bond motifs is 12. The maximum Gasteiger partial charge on any atom is 0.246 e. The van der Waals surface area contributed by atoms with Crippen molar-refractivity contribution in [2.24, 2.45) is 38.4 Å². The summed E-state index contributed by atoms with van der Waals surface area (Å²) in [6.07, 6.45) is -0.0906. The molecule has 0 aliphatic carbocycles. The first-order chi connectivity index (χ1) is 62.7. The summed E-state index contributed by atoms with van der Waals surface area (Å²) in [5.41, 5.74) is 0.411. The van der Waals surface area contributed by atoms with Gasteiger partial charge in [0, 0.05) is 33.0 Å². The molecule has 12 aromatic carbocycles. The van der Waals surface area contributed by atoms with Crippen LogP contribution in [-0.4, -0.2) is 63.9 Å². The molecule has 0 spiro atoms. The molecule has 12 heteroatoms. The van der Waals surface area contributed by atoms with Gasteiger partial charge in [-0.3, -0.25) is 0 Å². The second kappa shape index (κ2) is 63.9. The third kappa shape index (κ3) is 37.8. The predicted octanol–water partition coefficient (Wildman–Crippen LogP) is 38.5. The lowest BCUT2D eigenvalue weighted by atomic mass is 9.82. The van der Waals surface area contributed by atoms with E-state index in [1.54, 1.807) is 0 Å². The quantitative estimate of drug-likeness (QED) is 0.144. The molecule has 0 saturated heterocycles. The zero-order valence-corrected chi connectivity index (χ0v) is 89.7. The van der Waals surface area contributed by atoms with Crippen LogP contribution in [-0.2, 0) is 0 Å². The van der Waals surface area contributed by atoms with Gasteiger partial charge in [-0.1, -0.05) is 459 Å². The Hall–Kier alpha value is -10.2. The SMILES string of the molecule is C.C.C.CC.CC.CC.CC.CC.CC.CC.CC.CC.CC.CC.CC.CC(C)(C)C1COc2cc3ccccc3cc2O1.CC(C)(C)C1COc2cc3ccccc3cc2O1.CC(C)(C)C1COc2cc3ccccc3cc2O1.CC(C)(C)C1COc2cc3ccccc3cc2OC1.CC(C)(C)C1Oc2cc3ccccc3cc2O1.CC(C)(C)C1Oc2cc3ccccc3cc2O1. The largest absolute Gasteiger partial charge is 0.489 e. The Morgan fingerprint density at radius 2 is 0.291 bits per heavy atom. The highest BCUT2D eigenvalue weighted by Crippen LogP contribution is 2.47. The van der Waals surface area contributed by atoms with Crippen LogP contribution in [0, 0.1) is 38.4 Å². The first kappa shape index (κ1) is 128. The molecule has 12 nitrogen and oxygen atoms in total. The van der Waals surface area contributed by atoms with E-state index in [1.807, 2.05) is 239 Å². The van der Waals surface area contributed by atoms with E-state index < -0.39 is 0 Å². The van der Waals surface area contributed by atoms with Gasteiger partial charge in [0.25, 0.3) is 0 Å². The van der Waals surface area contributed by atoms with Crippen molar-refractivity contribution < 1.29 is 56.8 Å². The molecule has 750 valence electrons. The summed E-state index contributed by atoms with van der Waals surface area (Å²) in [4.78, 5) is 0. The summed E-state index contributed by atoms with van der Waals surface area (Å²) in [7, 11) is 0. The smallest absolute Gasteiger partial charge is 0.246 e. The van der Waals surface area contributed by atoms with Crippen molar-refractivity contribution in [2.45, 2.75) is 344 Å². The van der Waals surface area contributed by atoms with Gasteiger partial charge >= 0.3 is 0 Å². The van der Waals surface area contributed by atoms with Gasteiger partial charge in [0.1, 0.15) is 38.1 Å². The Morgan fingerprint density at radius 1 is 0.164 bits per heavy atom. The zero-order chi connectivity index (χ0) is 99.8. The van der Waals surface area contributed by atoms with E-state index in [2.05, 4.69) is 270 Å². The minimum absolute atomic E-state index is 0. The van der Waals surface area contributed by atoms with Crippen molar-refractivity contribution in [3.8, 4) is 69.0 Å². The fraction of sp³-hybridized carbons (Fsp3) is 0.508. The molecule has 6 heterocycles. The fourth-order valence-corrected chi connectivity index (χ4v) is 12.9. The molecule has 3 atom stereocenters. The zero-order valence-electron chi connectivity index (χ0n) is 89.7. The molecule has 0 N–H and O–H groups in total. The summed E-state index contributed by atoms with van der Waals surface area (Å²) in [5.74, 6) is 10.7. The molecule has 18 rings (SSSR count). The average Bonchev–Trinajstić information content (AvgIpc) is 1.44. The topological polar surface area (TPSA) is 111 Å². The number of hydrogen-bond donors (Lipinski definition) is 0. The van der Waals surface area contributed by atoms with Crippen molar-refractivity contribution in [1.82, 2.24) is 0 Å². The minimum Gasteiger partial charge on any atom is -0.489 e. The Bertz CT molecular complexity index is 4640. The van der Waals surface area contributed by atoms with Crippen LogP contribution in [0.15, 0.2) is 218 Å². The van der Waals surface area contributed by atoms with E-state index in [1.165, 1.54) is 64.6 Å². The van der Waals surface area contributed by atoms with Gasteiger partial charge in [0.2, 0.25) is 12.6 Å². The summed E-state index contributed by atoms with van der Waals surface area (Å²) < 4.78 is 71.1. The monoisotopic (exact) mass is 1850 g/mol. The molecule has 0 fully saturated rings. The Kier molecular flexibility index (Phi) is 61.0. The molecule has 12 aromatic rings. The van der Waals surface area contributed by atoms with Gasteiger partial charge in [-0.25, -0.2) is 0 Å². The lowest BCUT2D eigenvalue weighted by molar-refractivity contribution is -0.0396. The normalized spacial score (nSPS) is 14.4. The standard InChI is InChI=1S/C17H20O2.3C16H18O2.2C15H16O2.12C2H6.3CH4/c1-17(2,3)14-10-18-15-8-12-6-4-5-7-13(12)9-16(15)19-11-14;3*1-16(2,3)15-10-17-13-8-11-6-4-5-7-12(11)9-14(13)18-15;2*1-15(2,3)14-16-12-8-10-6-4-5-7-11(10)9-13(12)17-14;12*1-2;;;/h4-9,14H,10-11H2,1-3H3;3*4-9,15H,10H2,1-3H3;2*4-9,14H,1-3H3;12*1-2H3;3*1H4. The van der Waals surface area contributed by atoms with Crippen molar-refractivity contribution >= 4 is 64.6 Å². The third-order valence-corrected chi connectivity index (χ3v) is 20.2. The number of ether oxygens (including phenoxy) is 12. The molecular weight excluding hydrogens is 1660 g/mol. The number of benzene rings is 12. The van der Waals surface area contributed by atoms with Crippen LogP contribution in [0.1, 0.15) is 313 Å². The van der Waals surface area contributed by atoms with Crippen molar-refractivity contribution in [2.75, 3.05) is 33.0 Å². The van der Waals surface area contributed by atoms with E-state index in [-0.39, 0.29) is 85.7 Å². The Balaban J connectivity index is -0.00000146. The van der Waals surface area contributed by atoms with E-state index in [0.717, 1.165) is 82.2 Å². The van der Waals surface area contributed by atoms with Gasteiger partial charge in [-0.15, -0.1) is 0 Å². The fourth-order valence-electron chi connectivity index (χ4n) is 12.9. The van der Waals surface area contributed by atoms with Gasteiger partial charge < -0.3 is 56.8 Å². The van der Waals surface area contributed by atoms with Gasteiger partial charge in [-0.05, 0) is 143 Å². The maximum atomic E-state index is 6.08. The highest BCUT2D eigenvalue weighted by molar-refractivity contribution is 5.90. The summed E-state index contributed by atoms with van der Waals surface area (Å²) in [6, 6.07) is 74.3. The van der Waals surface area contributed by atoms with E-state index in [0.29, 0.717) is 25.7 Å². The van der Waals surface area contributed by atoms with Gasteiger partial charge in [0.05, 0.1) is 13.2 Å². The third-order valence-electron chi connectivity index (χ3n) is 20.2. The highest BCUT2D eigenvalue weighted by atomic mass is 16.7. The van der Waals surface area contributed by atoms with Crippen LogP contribution >= 0.6 is 0 Å². The molecule has 0 radical (unpaired) electrons. The second-order valence-electron chi connectivity index (χ2n) is 35.3. The Morgan fingerprint density at radius 3 is 0.425 bits per heavy atom. The number of rotatable bonds is 0. The van der Waals surface area contributed by atoms with Crippen LogP contribution in [0.3, 0.4) is 0 Å². The summed E-state index contributed by atoms with van der Waals surface area (Å²) >= 11 is 0. The van der Waals surface area contributed by atoms with Crippen LogP contribution in [0.5, 0.6) is 69.0 Å². The van der Waals surface area contributed by atoms with E-state index in [4.69, 9.17) is 56.8 Å². The molecule has 0 saturated carbocycles. The second-order valence-corrected chi connectivity index (χ2v) is 35.3. The molecule has 0 amide bonds. The van der Waals surface area contributed by atoms with Crippen molar-refractivity contribution in [1.29, 1.82) is 0 Å². The van der Waals surface area contributed by atoms with Gasteiger partial charge in [-0.2, -0.15) is 0 Å². The molecule has 6 aliphatic rings. The maximum absolute atomic E-state index is 6.08. The van der Waals surface area contributed by atoms with Crippen molar-refractivity contribution in [3.63, 3.8) is 0 Å². The molecule has 134 heavy (non-hydrogen) atoms.